The highest BCUT2D eigenvalue weighted by atomic mass is 16.2. The molecule has 2 fully saturated rings. The van der Waals surface area contributed by atoms with Crippen LogP contribution in [0, 0.1) is 11.3 Å². The van der Waals surface area contributed by atoms with Crippen LogP contribution in [0.5, 0.6) is 0 Å². The predicted octanol–water partition coefficient (Wildman–Crippen LogP) is 1.19. The Kier molecular flexibility index (Phi) is 5.62. The van der Waals surface area contributed by atoms with E-state index in [1.165, 1.54) is 0 Å². The van der Waals surface area contributed by atoms with Gasteiger partial charge in [-0.05, 0) is 51.1 Å². The van der Waals surface area contributed by atoms with E-state index in [2.05, 4.69) is 16.0 Å². The van der Waals surface area contributed by atoms with Crippen LogP contribution < -0.4 is 16.0 Å². The molecular weight excluding hydrogens is 266 g/mol. The van der Waals surface area contributed by atoms with Crippen LogP contribution in [0.4, 0.5) is 0 Å². The Morgan fingerprint density at radius 3 is 2.62 bits per heavy atom. The molecule has 2 amide bonds. The van der Waals surface area contributed by atoms with Gasteiger partial charge in [-0.15, -0.1) is 0 Å². The van der Waals surface area contributed by atoms with Crippen molar-refractivity contribution in [3.8, 4) is 0 Å². The van der Waals surface area contributed by atoms with Gasteiger partial charge in [0.05, 0.1) is 0 Å². The van der Waals surface area contributed by atoms with Crippen molar-refractivity contribution in [2.45, 2.75) is 58.4 Å². The summed E-state index contributed by atoms with van der Waals surface area (Å²) in [5.41, 5.74) is -0.344. The molecule has 5 heteroatoms. The molecule has 0 aromatic carbocycles. The fraction of sp³-hybridized carbons (Fsp3) is 0.875. The number of hydrogen-bond acceptors (Lipinski definition) is 3. The Morgan fingerprint density at radius 2 is 2.00 bits per heavy atom. The summed E-state index contributed by atoms with van der Waals surface area (Å²) in [6.07, 6.45) is 5.70. The molecule has 3 N–H and O–H groups in total. The van der Waals surface area contributed by atoms with Crippen LogP contribution in [0.1, 0.15) is 52.4 Å². The first-order chi connectivity index (χ1) is 10.00. The van der Waals surface area contributed by atoms with Gasteiger partial charge in [0.1, 0.15) is 0 Å². The molecule has 1 atom stereocenters. The molecule has 2 aliphatic rings. The summed E-state index contributed by atoms with van der Waals surface area (Å²) < 4.78 is 0. The number of nitrogens with one attached hydrogen (secondary N) is 3. The Balaban J connectivity index is 1.64. The van der Waals surface area contributed by atoms with Crippen LogP contribution in [0.15, 0.2) is 0 Å². The van der Waals surface area contributed by atoms with E-state index >= 15 is 0 Å². The highest BCUT2D eigenvalue weighted by Crippen LogP contribution is 2.31. The van der Waals surface area contributed by atoms with E-state index in [-0.39, 0.29) is 17.2 Å². The standard InChI is InChI=1S/C16H29N3O2/c1-16(2,12-5-3-9-17-11-12)15(21)18-10-4-6-14(20)19-13-7-8-13/h12-13,17H,3-11H2,1-2H3,(H,18,21)(H,19,20). The quantitative estimate of drug-likeness (QED) is 0.618. The van der Waals surface area contributed by atoms with Crippen molar-refractivity contribution in [3.05, 3.63) is 0 Å². The molecule has 0 bridgehead atoms. The maximum absolute atomic E-state index is 12.4. The van der Waals surface area contributed by atoms with Gasteiger partial charge in [0, 0.05) is 24.4 Å². The molecule has 1 unspecified atom stereocenters. The van der Waals surface area contributed by atoms with Crippen molar-refractivity contribution < 1.29 is 9.59 Å². The summed E-state index contributed by atoms with van der Waals surface area (Å²) in [5.74, 6) is 0.616. The zero-order valence-electron chi connectivity index (χ0n) is 13.3. The zero-order valence-corrected chi connectivity index (χ0v) is 13.3. The van der Waals surface area contributed by atoms with Gasteiger partial charge in [-0.25, -0.2) is 0 Å². The molecule has 0 radical (unpaired) electrons. The van der Waals surface area contributed by atoms with Crippen molar-refractivity contribution in [2.75, 3.05) is 19.6 Å². The second-order valence-corrected chi connectivity index (χ2v) is 6.97. The Labute approximate surface area is 127 Å². The van der Waals surface area contributed by atoms with Gasteiger partial charge in [-0.1, -0.05) is 13.8 Å². The molecule has 0 aromatic rings. The first-order valence-corrected chi connectivity index (χ1v) is 8.28. The molecule has 5 nitrogen and oxygen atoms in total. The Bertz CT molecular complexity index is 372. The number of carbonyl (C=O) groups excluding carboxylic acids is 2. The van der Waals surface area contributed by atoms with Gasteiger partial charge in [-0.2, -0.15) is 0 Å². The molecule has 2 rings (SSSR count). The summed E-state index contributed by atoms with van der Waals surface area (Å²) in [7, 11) is 0. The van der Waals surface area contributed by atoms with Crippen molar-refractivity contribution >= 4 is 11.8 Å². The Hall–Kier alpha value is -1.10. The number of rotatable bonds is 7. The topological polar surface area (TPSA) is 70.2 Å². The van der Waals surface area contributed by atoms with Gasteiger partial charge in [0.2, 0.25) is 11.8 Å². The van der Waals surface area contributed by atoms with E-state index in [1.54, 1.807) is 0 Å². The number of piperidine rings is 1. The first-order valence-electron chi connectivity index (χ1n) is 8.28. The van der Waals surface area contributed by atoms with Crippen LogP contribution >= 0.6 is 0 Å². The maximum atomic E-state index is 12.4. The fourth-order valence-corrected chi connectivity index (χ4v) is 2.86. The average molecular weight is 295 g/mol. The fourth-order valence-electron chi connectivity index (χ4n) is 2.86. The van der Waals surface area contributed by atoms with Crippen molar-refractivity contribution in [1.29, 1.82) is 0 Å². The SMILES string of the molecule is CC(C)(C(=O)NCCCC(=O)NC1CC1)C1CCCNC1. The first kappa shape index (κ1) is 16.3. The molecule has 120 valence electrons. The van der Waals surface area contributed by atoms with Crippen LogP contribution in [0.2, 0.25) is 0 Å². The van der Waals surface area contributed by atoms with Crippen LogP contribution in [0.25, 0.3) is 0 Å². The van der Waals surface area contributed by atoms with E-state index < -0.39 is 0 Å². The molecule has 1 saturated carbocycles. The number of amides is 2. The van der Waals surface area contributed by atoms with Crippen molar-refractivity contribution in [1.82, 2.24) is 16.0 Å². The average Bonchev–Trinajstić information content (AvgIpc) is 3.28. The number of carbonyl (C=O) groups is 2. The summed E-state index contributed by atoms with van der Waals surface area (Å²) >= 11 is 0. The normalized spacial score (nSPS) is 22.7. The minimum Gasteiger partial charge on any atom is -0.356 e. The second-order valence-electron chi connectivity index (χ2n) is 6.97. The summed E-state index contributed by atoms with van der Waals surface area (Å²) in [5, 5.41) is 9.33. The van der Waals surface area contributed by atoms with Crippen LogP contribution in [-0.2, 0) is 9.59 Å². The maximum Gasteiger partial charge on any atom is 0.225 e. The number of hydrogen-bond donors (Lipinski definition) is 3. The van der Waals surface area contributed by atoms with Crippen LogP contribution in [0.3, 0.4) is 0 Å². The molecule has 0 aromatic heterocycles. The second kappa shape index (κ2) is 7.25. The van der Waals surface area contributed by atoms with Crippen molar-refractivity contribution in [3.63, 3.8) is 0 Å². The summed E-state index contributed by atoms with van der Waals surface area (Å²) in [6, 6.07) is 0.421. The molecule has 21 heavy (non-hydrogen) atoms. The largest absolute Gasteiger partial charge is 0.356 e. The van der Waals surface area contributed by atoms with Gasteiger partial charge in [-0.3, -0.25) is 9.59 Å². The van der Waals surface area contributed by atoms with Gasteiger partial charge >= 0.3 is 0 Å². The van der Waals surface area contributed by atoms with Gasteiger partial charge < -0.3 is 16.0 Å². The van der Waals surface area contributed by atoms with E-state index in [4.69, 9.17) is 0 Å². The van der Waals surface area contributed by atoms with Gasteiger partial charge in [0.25, 0.3) is 0 Å². The Morgan fingerprint density at radius 1 is 1.24 bits per heavy atom. The molecule has 1 aliphatic carbocycles. The third-order valence-electron chi connectivity index (χ3n) is 4.71. The lowest BCUT2D eigenvalue weighted by atomic mass is 9.74. The lowest BCUT2D eigenvalue weighted by molar-refractivity contribution is -0.132. The molecular formula is C16H29N3O2. The lowest BCUT2D eigenvalue weighted by Gasteiger charge is -2.36. The summed E-state index contributed by atoms with van der Waals surface area (Å²) in [4.78, 5) is 23.9. The third kappa shape index (κ3) is 4.99. The summed E-state index contributed by atoms with van der Waals surface area (Å²) in [6.45, 7) is 6.62. The molecule has 1 saturated heterocycles. The van der Waals surface area contributed by atoms with E-state index in [1.807, 2.05) is 13.8 Å². The predicted molar refractivity (Wildman–Crippen MR) is 82.8 cm³/mol. The lowest BCUT2D eigenvalue weighted by Crippen LogP contribution is -2.47. The minimum atomic E-state index is -0.344. The van der Waals surface area contributed by atoms with E-state index in [0.717, 1.165) is 38.8 Å². The van der Waals surface area contributed by atoms with E-state index in [0.29, 0.717) is 31.3 Å². The van der Waals surface area contributed by atoms with Crippen molar-refractivity contribution in [2.24, 2.45) is 11.3 Å². The molecule has 0 spiro atoms. The van der Waals surface area contributed by atoms with Crippen LogP contribution in [-0.4, -0.2) is 37.5 Å². The highest BCUT2D eigenvalue weighted by molar-refractivity contribution is 5.82. The van der Waals surface area contributed by atoms with Gasteiger partial charge in [0.15, 0.2) is 0 Å². The third-order valence-corrected chi connectivity index (χ3v) is 4.71. The smallest absolute Gasteiger partial charge is 0.225 e. The highest BCUT2D eigenvalue weighted by Gasteiger charge is 2.36. The van der Waals surface area contributed by atoms with E-state index in [9.17, 15) is 9.59 Å². The zero-order chi connectivity index (χ0) is 15.3. The monoisotopic (exact) mass is 295 g/mol. The molecule has 1 heterocycles. The minimum absolute atomic E-state index is 0.110. The molecule has 1 aliphatic heterocycles.